The van der Waals surface area contributed by atoms with Gasteiger partial charge in [-0.15, -0.1) is 0 Å². The minimum Gasteiger partial charge on any atom is -0.483 e. The molecule has 5 amide bonds. The minimum atomic E-state index is -0.709. The molecule has 204 valence electrons. The van der Waals surface area contributed by atoms with E-state index < -0.39 is 23.9 Å². The summed E-state index contributed by atoms with van der Waals surface area (Å²) < 4.78 is 0. The number of imide groups is 1. The normalized spacial score (nSPS) is 21.1. The lowest BCUT2D eigenvalue weighted by Gasteiger charge is -2.30. The maximum Gasteiger partial charge on any atom is 0.321 e. The summed E-state index contributed by atoms with van der Waals surface area (Å²) >= 11 is 0. The average molecular weight is 512 g/mol. The Balaban J connectivity index is 0.00000145. The third-order valence-electron chi connectivity index (χ3n) is 7.21. The average Bonchev–Trinajstić information content (AvgIpc) is 3.56. The van der Waals surface area contributed by atoms with Gasteiger partial charge < -0.3 is 20.2 Å². The molecule has 3 rings (SSSR count). The summed E-state index contributed by atoms with van der Waals surface area (Å²) in [5.74, 6) is -0.882. The van der Waals surface area contributed by atoms with Crippen LogP contribution < -0.4 is 10.6 Å². The molecule has 1 saturated carbocycles. The van der Waals surface area contributed by atoms with Gasteiger partial charge in [0.25, 0.3) is 12.4 Å². The first-order chi connectivity index (χ1) is 17.4. The van der Waals surface area contributed by atoms with Crippen molar-refractivity contribution in [2.45, 2.75) is 70.3 Å². The lowest BCUT2D eigenvalue weighted by Crippen LogP contribution is -2.52. The molecule has 0 radical (unpaired) electrons. The fourth-order valence-corrected chi connectivity index (χ4v) is 5.46. The van der Waals surface area contributed by atoms with Crippen LogP contribution in [0.25, 0.3) is 0 Å². The van der Waals surface area contributed by atoms with Crippen molar-refractivity contribution in [3.8, 4) is 0 Å². The van der Waals surface area contributed by atoms with Crippen LogP contribution in [0, 0.1) is 11.8 Å². The van der Waals surface area contributed by atoms with Crippen molar-refractivity contribution >= 4 is 30.7 Å². The number of urea groups is 1. The number of nitrogens with zero attached hydrogens (tertiary/aromatic N) is 3. The van der Waals surface area contributed by atoms with E-state index in [4.69, 9.17) is 9.90 Å². The molecule has 36 heavy (non-hydrogen) atoms. The van der Waals surface area contributed by atoms with Crippen molar-refractivity contribution in [3.63, 3.8) is 0 Å². The summed E-state index contributed by atoms with van der Waals surface area (Å²) in [6, 6.07) is -1.25. The lowest BCUT2D eigenvalue weighted by atomic mass is 9.91. The first kappa shape index (κ1) is 29.5. The zero-order valence-electron chi connectivity index (χ0n) is 21.0. The Labute approximate surface area is 212 Å². The lowest BCUT2D eigenvalue weighted by molar-refractivity contribution is -0.158. The summed E-state index contributed by atoms with van der Waals surface area (Å²) in [5, 5.41) is 22.3. The molecule has 0 spiro atoms. The number of hydrogen-bond donors (Lipinski definition) is 4. The van der Waals surface area contributed by atoms with Crippen molar-refractivity contribution < 1.29 is 34.3 Å². The number of nitrogens with one attached hydrogen (secondary N) is 2. The van der Waals surface area contributed by atoms with Crippen molar-refractivity contribution in [2.75, 3.05) is 39.3 Å². The highest BCUT2D eigenvalue weighted by molar-refractivity contribution is 5.99. The van der Waals surface area contributed by atoms with E-state index in [2.05, 4.69) is 15.5 Å². The van der Waals surface area contributed by atoms with Gasteiger partial charge in [0.15, 0.2) is 0 Å². The van der Waals surface area contributed by atoms with Gasteiger partial charge in [0, 0.05) is 19.6 Å². The van der Waals surface area contributed by atoms with E-state index in [1.165, 1.54) is 24.2 Å². The SMILES string of the molecule is O=CN(O)C[C@@H](CC1CCCC1)C(=O)N1CCC[C@H]1C(=O)NC(=O)NCCN1CCCCC1.O=CO. The third-order valence-corrected chi connectivity index (χ3v) is 7.21. The fourth-order valence-electron chi connectivity index (χ4n) is 5.46. The second-order valence-corrected chi connectivity index (χ2v) is 9.75. The Morgan fingerprint density at radius 3 is 2.28 bits per heavy atom. The van der Waals surface area contributed by atoms with Gasteiger partial charge in [-0.2, -0.15) is 0 Å². The van der Waals surface area contributed by atoms with Gasteiger partial charge in [0.2, 0.25) is 12.3 Å². The van der Waals surface area contributed by atoms with Crippen LogP contribution in [0.4, 0.5) is 4.79 Å². The molecule has 2 heterocycles. The van der Waals surface area contributed by atoms with Crippen LogP contribution in [0.15, 0.2) is 0 Å². The van der Waals surface area contributed by atoms with Crippen LogP contribution >= 0.6 is 0 Å². The molecule has 2 saturated heterocycles. The van der Waals surface area contributed by atoms with Gasteiger partial charge in [-0.3, -0.25) is 29.7 Å². The van der Waals surface area contributed by atoms with Gasteiger partial charge in [-0.1, -0.05) is 32.1 Å². The maximum absolute atomic E-state index is 13.3. The summed E-state index contributed by atoms with van der Waals surface area (Å²) in [7, 11) is 0. The van der Waals surface area contributed by atoms with E-state index in [0.717, 1.165) is 45.3 Å². The summed E-state index contributed by atoms with van der Waals surface area (Å²) in [4.78, 5) is 61.5. The van der Waals surface area contributed by atoms with Crippen molar-refractivity contribution in [1.82, 2.24) is 25.5 Å². The molecule has 0 aromatic carbocycles. The zero-order valence-corrected chi connectivity index (χ0v) is 21.0. The topological polar surface area (TPSA) is 160 Å². The predicted molar refractivity (Wildman–Crippen MR) is 130 cm³/mol. The summed E-state index contributed by atoms with van der Waals surface area (Å²) in [6.07, 6.45) is 10.0. The van der Waals surface area contributed by atoms with E-state index in [1.54, 1.807) is 0 Å². The number of rotatable bonds is 10. The van der Waals surface area contributed by atoms with Gasteiger partial charge >= 0.3 is 6.03 Å². The first-order valence-electron chi connectivity index (χ1n) is 13.0. The Morgan fingerprint density at radius 2 is 1.64 bits per heavy atom. The molecule has 3 aliphatic rings. The molecule has 12 heteroatoms. The van der Waals surface area contributed by atoms with E-state index in [-0.39, 0.29) is 18.9 Å². The van der Waals surface area contributed by atoms with E-state index in [0.29, 0.717) is 49.7 Å². The van der Waals surface area contributed by atoms with Crippen LogP contribution in [0.5, 0.6) is 0 Å². The number of carboxylic acid groups (broad SMARTS) is 1. The molecular weight excluding hydrogens is 470 g/mol. The van der Waals surface area contributed by atoms with Gasteiger partial charge in [-0.05, 0) is 51.1 Å². The predicted octanol–water partition coefficient (Wildman–Crippen LogP) is 1.03. The highest BCUT2D eigenvalue weighted by Gasteiger charge is 2.39. The number of hydroxylamine groups is 2. The van der Waals surface area contributed by atoms with E-state index in [9.17, 15) is 24.4 Å². The molecule has 2 aliphatic heterocycles. The molecule has 0 aromatic rings. The van der Waals surface area contributed by atoms with Crippen LogP contribution in [0.1, 0.15) is 64.2 Å². The zero-order chi connectivity index (χ0) is 26.3. The molecule has 0 unspecified atom stereocenters. The Kier molecular flexibility index (Phi) is 13.2. The molecule has 0 aromatic heterocycles. The van der Waals surface area contributed by atoms with Crippen LogP contribution in [0.3, 0.4) is 0 Å². The van der Waals surface area contributed by atoms with Crippen molar-refractivity contribution in [2.24, 2.45) is 11.8 Å². The number of amides is 5. The number of hydrogen-bond acceptors (Lipinski definition) is 7. The van der Waals surface area contributed by atoms with E-state index in [1.807, 2.05) is 0 Å². The highest BCUT2D eigenvalue weighted by atomic mass is 16.5. The Morgan fingerprint density at radius 1 is 0.972 bits per heavy atom. The number of piperidine rings is 1. The van der Waals surface area contributed by atoms with Gasteiger partial charge in [0.05, 0.1) is 12.5 Å². The summed E-state index contributed by atoms with van der Waals surface area (Å²) in [5.41, 5.74) is 0. The molecule has 4 N–H and O–H groups in total. The molecule has 3 fully saturated rings. The van der Waals surface area contributed by atoms with E-state index >= 15 is 0 Å². The second kappa shape index (κ2) is 16.1. The maximum atomic E-state index is 13.3. The quantitative estimate of drug-likeness (QED) is 0.192. The van der Waals surface area contributed by atoms with Gasteiger partial charge in [0.1, 0.15) is 6.04 Å². The minimum absolute atomic E-state index is 0.0827. The highest BCUT2D eigenvalue weighted by Crippen LogP contribution is 2.32. The largest absolute Gasteiger partial charge is 0.483 e. The first-order valence-corrected chi connectivity index (χ1v) is 13.0. The number of carbonyl (C=O) groups is 5. The smallest absolute Gasteiger partial charge is 0.321 e. The van der Waals surface area contributed by atoms with Crippen LogP contribution in [-0.2, 0) is 19.2 Å². The second-order valence-electron chi connectivity index (χ2n) is 9.75. The van der Waals surface area contributed by atoms with Crippen molar-refractivity contribution in [1.29, 1.82) is 0 Å². The number of carbonyl (C=O) groups excluding carboxylic acids is 4. The Hall–Kier alpha value is -2.73. The van der Waals surface area contributed by atoms with Crippen molar-refractivity contribution in [3.05, 3.63) is 0 Å². The monoisotopic (exact) mass is 511 g/mol. The van der Waals surface area contributed by atoms with Crippen LogP contribution in [0.2, 0.25) is 0 Å². The molecule has 12 nitrogen and oxygen atoms in total. The third kappa shape index (κ3) is 9.73. The molecular formula is C24H41N5O7. The Bertz CT molecular complexity index is 726. The van der Waals surface area contributed by atoms with Gasteiger partial charge in [-0.25, -0.2) is 9.86 Å². The summed E-state index contributed by atoms with van der Waals surface area (Å²) in [6.45, 7) is 3.40. The molecule has 0 bridgehead atoms. The molecule has 2 atom stereocenters. The number of likely N-dealkylation sites (tertiary alicyclic amines) is 2. The molecule has 1 aliphatic carbocycles. The fraction of sp³-hybridized carbons (Fsp3) is 0.792. The van der Waals surface area contributed by atoms with Crippen LogP contribution in [-0.4, -0.2) is 101 Å². The standard InChI is InChI=1S/C23H39N5O5.CH2O2/c29-17-27(33)16-19(15-18-7-2-3-8-18)22(31)28-13-6-9-20(28)21(30)25-23(32)24-10-14-26-11-4-1-5-12-26;2-1-3/h17-20,33H,1-16H2,(H2,24,25,30,32);1H,(H,2,3)/t19-,20+;/m1./s1.